The molecule has 0 spiro atoms. The predicted octanol–water partition coefficient (Wildman–Crippen LogP) is 7.36. The van der Waals surface area contributed by atoms with Gasteiger partial charge in [0.05, 0.1) is 17.4 Å². The van der Waals surface area contributed by atoms with Crippen LogP contribution in [0.2, 0.25) is 0 Å². The molecule has 0 aliphatic heterocycles. The molecule has 1 N–H and O–H groups in total. The van der Waals surface area contributed by atoms with Gasteiger partial charge in [0.2, 0.25) is 11.8 Å². The van der Waals surface area contributed by atoms with E-state index in [4.69, 9.17) is 4.74 Å². The van der Waals surface area contributed by atoms with Crippen LogP contribution in [-0.2, 0) is 11.3 Å². The summed E-state index contributed by atoms with van der Waals surface area (Å²) in [6.07, 6.45) is 7.07. The van der Waals surface area contributed by atoms with Gasteiger partial charge in [0.25, 0.3) is 0 Å². The van der Waals surface area contributed by atoms with E-state index in [-0.39, 0.29) is 12.0 Å². The fourth-order valence-corrected chi connectivity index (χ4v) is 4.43. The van der Waals surface area contributed by atoms with Gasteiger partial charge in [-0.2, -0.15) is 13.2 Å². The van der Waals surface area contributed by atoms with Gasteiger partial charge in [-0.25, -0.2) is 9.97 Å². The average Bonchev–Trinajstić information content (AvgIpc) is 3.51. The molecule has 1 aliphatic rings. The molecule has 0 atom stereocenters. The van der Waals surface area contributed by atoms with Crippen LogP contribution in [0.5, 0.6) is 11.6 Å². The summed E-state index contributed by atoms with van der Waals surface area (Å²) in [5.41, 5.74) is 0.825. The molecule has 2 heterocycles. The Bertz CT molecular complexity index is 1320. The maximum atomic E-state index is 12.8. The summed E-state index contributed by atoms with van der Waals surface area (Å²) in [6, 6.07) is 8.72. The molecule has 2 aromatic heterocycles. The van der Waals surface area contributed by atoms with Gasteiger partial charge in [0.15, 0.2) is 0 Å². The number of benzene rings is 1. The number of carbonyl (C=O) groups excluding carboxylic acids is 1. The minimum Gasteiger partial charge on any atom is -0.438 e. The van der Waals surface area contributed by atoms with Crippen LogP contribution in [0.3, 0.4) is 0 Å². The molecule has 1 aliphatic carbocycles. The van der Waals surface area contributed by atoms with E-state index in [0.717, 1.165) is 29.7 Å². The molecule has 0 unspecified atom stereocenters. The molecule has 6 nitrogen and oxygen atoms in total. The highest BCUT2D eigenvalue weighted by Gasteiger charge is 2.30. The zero-order valence-electron chi connectivity index (χ0n) is 20.6. The number of alkyl halides is 3. The SMILES string of the molecule is C=C(/C=C\C(=C/C)C(F)(F)F)CC(=O)Nc1ccc(Oc2ncnc3c2ccn3CC2CCCC2)cc1. The second-order valence-corrected chi connectivity index (χ2v) is 9.12. The molecule has 1 fully saturated rings. The molecule has 3 aromatic rings. The smallest absolute Gasteiger partial charge is 0.416 e. The second kappa shape index (κ2) is 11.5. The molecule has 4 rings (SSSR count). The monoisotopic (exact) mass is 510 g/mol. The minimum absolute atomic E-state index is 0.139. The van der Waals surface area contributed by atoms with E-state index in [2.05, 4.69) is 26.4 Å². The van der Waals surface area contributed by atoms with Crippen LogP contribution < -0.4 is 10.1 Å². The fourth-order valence-electron chi connectivity index (χ4n) is 4.43. The number of nitrogens with zero attached hydrogens (tertiary/aromatic N) is 3. The molecule has 0 saturated heterocycles. The Morgan fingerprint density at radius 2 is 1.89 bits per heavy atom. The lowest BCUT2D eigenvalue weighted by molar-refractivity contribution is -0.115. The third kappa shape index (κ3) is 6.87. The number of ether oxygens (including phenoxy) is 1. The van der Waals surface area contributed by atoms with Gasteiger partial charge >= 0.3 is 6.18 Å². The number of rotatable bonds is 9. The van der Waals surface area contributed by atoms with Crippen molar-refractivity contribution in [1.29, 1.82) is 0 Å². The first-order valence-electron chi connectivity index (χ1n) is 12.2. The van der Waals surface area contributed by atoms with E-state index in [1.165, 1.54) is 45.0 Å². The quantitative estimate of drug-likeness (QED) is 0.305. The number of anilines is 1. The number of halogens is 3. The molecule has 0 radical (unpaired) electrons. The van der Waals surface area contributed by atoms with Crippen molar-refractivity contribution < 1.29 is 22.7 Å². The Morgan fingerprint density at radius 3 is 2.57 bits per heavy atom. The molecular formula is C28H29F3N4O2. The van der Waals surface area contributed by atoms with Crippen LogP contribution in [0, 0.1) is 5.92 Å². The zero-order chi connectivity index (χ0) is 26.4. The van der Waals surface area contributed by atoms with Gasteiger partial charge < -0.3 is 14.6 Å². The largest absolute Gasteiger partial charge is 0.438 e. The Morgan fingerprint density at radius 1 is 1.16 bits per heavy atom. The van der Waals surface area contributed by atoms with E-state index in [9.17, 15) is 18.0 Å². The number of carbonyl (C=O) groups is 1. The fraction of sp³-hybridized carbons (Fsp3) is 0.321. The van der Waals surface area contributed by atoms with Crippen molar-refractivity contribution in [2.45, 2.75) is 51.7 Å². The number of hydrogen-bond acceptors (Lipinski definition) is 4. The Balaban J connectivity index is 1.34. The second-order valence-electron chi connectivity index (χ2n) is 9.12. The van der Waals surface area contributed by atoms with Crippen LogP contribution >= 0.6 is 0 Å². The van der Waals surface area contributed by atoms with Crippen LogP contribution in [0.15, 0.2) is 78.8 Å². The molecule has 0 bridgehead atoms. The topological polar surface area (TPSA) is 69.0 Å². The first-order chi connectivity index (χ1) is 17.7. The Hall–Kier alpha value is -3.88. The van der Waals surface area contributed by atoms with Crippen LogP contribution in [0.4, 0.5) is 18.9 Å². The maximum absolute atomic E-state index is 12.8. The van der Waals surface area contributed by atoms with Crippen LogP contribution in [0.25, 0.3) is 11.0 Å². The summed E-state index contributed by atoms with van der Waals surface area (Å²) in [6.45, 7) is 5.91. The number of hydrogen-bond donors (Lipinski definition) is 1. The Labute approximate surface area is 213 Å². The Kier molecular flexibility index (Phi) is 8.11. The van der Waals surface area contributed by atoms with Gasteiger partial charge in [-0.05, 0) is 61.6 Å². The van der Waals surface area contributed by atoms with Gasteiger partial charge in [-0.1, -0.05) is 37.6 Å². The zero-order valence-corrected chi connectivity index (χ0v) is 20.6. The molecule has 9 heteroatoms. The average molecular weight is 511 g/mol. The molecule has 1 saturated carbocycles. The van der Waals surface area contributed by atoms with Crippen molar-refractivity contribution in [3.8, 4) is 11.6 Å². The lowest BCUT2D eigenvalue weighted by atomic mass is 10.1. The highest BCUT2D eigenvalue weighted by atomic mass is 19.4. The van der Waals surface area contributed by atoms with Gasteiger partial charge in [0, 0.05) is 18.4 Å². The normalized spacial score (nSPS) is 15.0. The first-order valence-corrected chi connectivity index (χ1v) is 12.2. The van der Waals surface area contributed by atoms with Crippen molar-refractivity contribution in [3.05, 3.63) is 78.8 Å². The highest BCUT2D eigenvalue weighted by molar-refractivity contribution is 5.92. The number of allylic oxidation sites excluding steroid dienone is 4. The molecule has 1 amide bonds. The van der Waals surface area contributed by atoms with E-state index in [0.29, 0.717) is 23.2 Å². The van der Waals surface area contributed by atoms with E-state index < -0.39 is 17.7 Å². The summed E-state index contributed by atoms with van der Waals surface area (Å²) in [7, 11) is 0. The molecule has 37 heavy (non-hydrogen) atoms. The maximum Gasteiger partial charge on any atom is 0.416 e. The van der Waals surface area contributed by atoms with Crippen LogP contribution in [0.1, 0.15) is 39.0 Å². The third-order valence-corrected chi connectivity index (χ3v) is 6.33. The minimum atomic E-state index is -4.45. The highest BCUT2D eigenvalue weighted by Crippen LogP contribution is 2.31. The van der Waals surface area contributed by atoms with E-state index in [1.807, 2.05) is 12.3 Å². The van der Waals surface area contributed by atoms with E-state index >= 15 is 0 Å². The summed E-state index contributed by atoms with van der Waals surface area (Å²) < 4.78 is 46.5. The summed E-state index contributed by atoms with van der Waals surface area (Å²) >= 11 is 0. The number of amides is 1. The summed E-state index contributed by atoms with van der Waals surface area (Å²) in [5, 5.41) is 3.54. The van der Waals surface area contributed by atoms with Crippen LogP contribution in [-0.4, -0.2) is 26.6 Å². The van der Waals surface area contributed by atoms with E-state index in [1.54, 1.807) is 24.3 Å². The predicted molar refractivity (Wildman–Crippen MR) is 137 cm³/mol. The molecule has 1 aromatic carbocycles. The van der Waals surface area contributed by atoms with Crippen molar-refractivity contribution in [1.82, 2.24) is 14.5 Å². The number of nitrogens with one attached hydrogen (secondary N) is 1. The molecule has 194 valence electrons. The van der Waals surface area contributed by atoms with Gasteiger partial charge in [-0.3, -0.25) is 4.79 Å². The number of fused-ring (bicyclic) bond motifs is 1. The summed E-state index contributed by atoms with van der Waals surface area (Å²) in [5.74, 6) is 1.28. The van der Waals surface area contributed by atoms with Crippen molar-refractivity contribution in [2.24, 2.45) is 5.92 Å². The first kappa shape index (κ1) is 26.2. The van der Waals surface area contributed by atoms with Crippen molar-refractivity contribution >= 4 is 22.6 Å². The van der Waals surface area contributed by atoms with Gasteiger partial charge in [0.1, 0.15) is 17.7 Å². The lowest BCUT2D eigenvalue weighted by Gasteiger charge is -2.11. The van der Waals surface area contributed by atoms with Crippen molar-refractivity contribution in [2.75, 3.05) is 5.32 Å². The molecular weight excluding hydrogens is 481 g/mol. The standard InChI is InChI=1S/C28H29F3N4O2/c1-3-21(28(29,30)31)9-8-19(2)16-25(36)34-22-10-12-23(13-11-22)37-27-24-14-15-35(26(24)32-18-33-27)17-20-6-4-5-7-20/h3,8-15,18,20H,2,4-7,16-17H2,1H3,(H,34,36)/b9-8-,21-3+. The van der Waals surface area contributed by atoms with Crippen molar-refractivity contribution in [3.63, 3.8) is 0 Å². The lowest BCUT2D eigenvalue weighted by Crippen LogP contribution is -2.12. The van der Waals surface area contributed by atoms with Gasteiger partial charge in [-0.15, -0.1) is 0 Å². The number of aromatic nitrogens is 3. The summed E-state index contributed by atoms with van der Waals surface area (Å²) in [4.78, 5) is 21.0. The third-order valence-electron chi connectivity index (χ3n) is 6.33.